The molecule has 6 heterocycles. The molecule has 0 aromatic heterocycles. The van der Waals surface area contributed by atoms with Crippen molar-refractivity contribution in [1.82, 2.24) is 16.0 Å². The number of carbonyl (C=O) groups excluding carboxylic acids is 1. The molecule has 0 bridgehead atoms. The number of aliphatic hydroxyl groups excluding tert-OH is 10. The Bertz CT molecular complexity index is 2400. The summed E-state index contributed by atoms with van der Waals surface area (Å²) < 4.78 is 82.8. The van der Waals surface area contributed by atoms with Crippen LogP contribution in [0, 0.1) is 22.7 Å². The Balaban J connectivity index is 0.00000194. The predicted molar refractivity (Wildman–Crippen MR) is 327 cm³/mol. The van der Waals surface area contributed by atoms with Crippen LogP contribution in [0.5, 0.6) is 0 Å². The molecular weight excluding hydrogens is 1400 g/mol. The van der Waals surface area contributed by atoms with Gasteiger partial charge < -0.3 is 171 Å². The average Bonchev–Trinajstić information content (AvgIpc) is 0.773. The standard InChI is InChI=1S/C33H59N3O18.C27H53N3O12.5Na/c1-32(2,3)20-15(10-47-12-18(40)41)50-29(21(34)24(20)44)52-27-14(9-37)49-30(23(26(27)46)36-8-17(38)39)53-28-16(11-48-13-19(42)43)51-31(54-33(4,5)6)22(35-7)25(28)45;1-26(2,3)14-11(8-31)37-23(15(28)18(14)34)40-21-12(9-32)38-24(16(29)19(21)35)41-22-13(10-33)39-25(42-27(4,5)6)17(30-7)20(22)36;;;;;/h14-16,20-31,35-37,44-46H,8-13,34H2,1-7H3,(H,38,39)(H,40,41)(H,42,43);11-25,30-36H,8-10,28-29H2,1-7H3;;;;;/q;;5*+1/p-1. The topological polar surface area (TPSA) is 560 Å². The van der Waals surface area contributed by atoms with Crippen LogP contribution in [0.25, 0.3) is 0 Å². The molecule has 101 heavy (non-hydrogen) atoms. The van der Waals surface area contributed by atoms with Crippen LogP contribution < -0.4 is 186 Å². The predicted octanol–water partition coefficient (Wildman–Crippen LogP) is -23.0. The first-order valence-corrected chi connectivity index (χ1v) is 32.1. The van der Waals surface area contributed by atoms with E-state index in [0.29, 0.717) is 0 Å². The maximum absolute atomic E-state index is 11.7. The van der Waals surface area contributed by atoms with E-state index in [1.807, 2.05) is 62.3 Å². The zero-order valence-electron chi connectivity index (χ0n) is 62.1. The Kier molecular flexibility index (Phi) is 46.8. The van der Waals surface area contributed by atoms with E-state index in [2.05, 4.69) is 16.0 Å². The number of nitrogens with one attached hydrogen (secondary N) is 3. The molecule has 36 nitrogen and oxygen atoms in total. The molecule has 6 aliphatic rings. The maximum atomic E-state index is 11.7. The minimum Gasteiger partial charge on any atom is -0.549 e. The van der Waals surface area contributed by atoms with Gasteiger partial charge in [0.25, 0.3) is 0 Å². The van der Waals surface area contributed by atoms with Crippen molar-refractivity contribution in [3.8, 4) is 0 Å². The van der Waals surface area contributed by atoms with Gasteiger partial charge in [0, 0.05) is 18.4 Å². The molecule has 0 radical (unpaired) electrons. The van der Waals surface area contributed by atoms with Crippen LogP contribution in [0.2, 0.25) is 0 Å². The number of aliphatic carboxylic acids is 3. The minimum absolute atomic E-state index is 0. The molecule has 30 atom stereocenters. The number of nitrogens with two attached hydrogens (primary N) is 3. The number of ether oxygens (including phenoxy) is 14. The summed E-state index contributed by atoms with van der Waals surface area (Å²) in [6, 6.07) is -6.68. The first-order chi connectivity index (χ1) is 44.6. The summed E-state index contributed by atoms with van der Waals surface area (Å²) in [6.07, 6.45) is -27.9. The van der Waals surface area contributed by atoms with Crippen LogP contribution >= 0.6 is 0 Å². The van der Waals surface area contributed by atoms with E-state index in [4.69, 9.17) is 93.7 Å². The SMILES string of the molecule is CNC1C(OC(C)(C)C)OC(CO)C(OC2OC(CO)C(OC3OC(CO)C(C(C)(C)C)C(O)C3N)C(O)C2N)C1O.CNC1C(OC(C)(C)C)OC(COCC(=O)O)C(OC2OC(CO)C(OC3OC(COCC(=O)O)C(C(C)(C)C)C(O)C3N)C(O)C2NCC(=O)[O-])C1O.[Na+].[Na+].[Na+].[Na+].[Na+]. The van der Waals surface area contributed by atoms with E-state index < -0.39 is 276 Å². The molecule has 0 amide bonds. The van der Waals surface area contributed by atoms with E-state index in [1.54, 1.807) is 27.8 Å². The molecule has 0 spiro atoms. The fourth-order valence-corrected chi connectivity index (χ4v) is 12.9. The van der Waals surface area contributed by atoms with E-state index >= 15 is 0 Å². The molecule has 41 heteroatoms. The molecule has 0 aromatic carbocycles. The van der Waals surface area contributed by atoms with Gasteiger partial charge in [0.15, 0.2) is 37.7 Å². The third-order valence-corrected chi connectivity index (χ3v) is 17.3. The molecule has 6 saturated heterocycles. The number of carbonyl (C=O) groups is 3. The molecule has 6 fully saturated rings. The number of carboxylic acids is 3. The molecule has 0 aromatic rings. The summed E-state index contributed by atoms with van der Waals surface area (Å²) in [4.78, 5) is 33.9. The zero-order chi connectivity index (χ0) is 72.4. The van der Waals surface area contributed by atoms with Crippen molar-refractivity contribution in [2.45, 2.75) is 266 Å². The van der Waals surface area contributed by atoms with Crippen molar-refractivity contribution >= 4 is 17.9 Å². The monoisotopic (exact) mass is 1510 g/mol. The van der Waals surface area contributed by atoms with Crippen molar-refractivity contribution < 1.29 is 295 Å². The summed E-state index contributed by atoms with van der Waals surface area (Å²) in [5.74, 6) is -5.24. The van der Waals surface area contributed by atoms with Crippen molar-refractivity contribution in [3.63, 3.8) is 0 Å². The second-order valence-corrected chi connectivity index (χ2v) is 29.0. The molecule has 0 aliphatic carbocycles. The van der Waals surface area contributed by atoms with Gasteiger partial charge in [0.1, 0.15) is 86.5 Å². The fraction of sp³-hybridized carbons (Fsp3) is 0.950. The van der Waals surface area contributed by atoms with Crippen LogP contribution in [0.15, 0.2) is 0 Å². The van der Waals surface area contributed by atoms with Crippen molar-refractivity contribution in [1.29, 1.82) is 0 Å². The third-order valence-electron chi connectivity index (χ3n) is 17.3. The van der Waals surface area contributed by atoms with Gasteiger partial charge >= 0.3 is 160 Å². The molecule has 30 unspecified atom stereocenters. The summed E-state index contributed by atoms with van der Waals surface area (Å²) in [5, 5.41) is 147. The van der Waals surface area contributed by atoms with Crippen LogP contribution in [0.1, 0.15) is 83.1 Å². The molecule has 562 valence electrons. The van der Waals surface area contributed by atoms with Gasteiger partial charge in [-0.3, -0.25) is 0 Å². The maximum Gasteiger partial charge on any atom is 1.00 e. The largest absolute Gasteiger partial charge is 1.00 e. The number of carboxylic acid groups (broad SMARTS) is 3. The van der Waals surface area contributed by atoms with E-state index in [1.165, 1.54) is 7.05 Å². The normalized spacial score (nSPS) is 39.2. The van der Waals surface area contributed by atoms with Crippen LogP contribution in [0.3, 0.4) is 0 Å². The molecule has 6 aliphatic heterocycles. The van der Waals surface area contributed by atoms with Gasteiger partial charge in [-0.15, -0.1) is 0 Å². The van der Waals surface area contributed by atoms with Gasteiger partial charge in [-0.05, 0) is 66.5 Å². The second-order valence-electron chi connectivity index (χ2n) is 29.0. The molecule has 0 saturated carbocycles. The van der Waals surface area contributed by atoms with Gasteiger partial charge in [0.05, 0.1) is 117 Å². The second kappa shape index (κ2) is 45.8. The van der Waals surface area contributed by atoms with Crippen molar-refractivity contribution in [2.24, 2.45) is 39.9 Å². The molecule has 21 N–H and O–H groups in total. The zero-order valence-corrected chi connectivity index (χ0v) is 72.1. The Morgan fingerprint density at radius 2 is 0.703 bits per heavy atom. The summed E-state index contributed by atoms with van der Waals surface area (Å²) in [7, 11) is 3.15. The van der Waals surface area contributed by atoms with Gasteiger partial charge in [-0.1, -0.05) is 41.5 Å². The van der Waals surface area contributed by atoms with E-state index in [-0.39, 0.29) is 154 Å². The Morgan fingerprint density at radius 3 is 1.05 bits per heavy atom. The van der Waals surface area contributed by atoms with Crippen molar-refractivity contribution in [3.05, 3.63) is 0 Å². The average molecular weight is 1510 g/mol. The summed E-state index contributed by atoms with van der Waals surface area (Å²) >= 11 is 0. The van der Waals surface area contributed by atoms with E-state index in [9.17, 15) is 70.6 Å². The van der Waals surface area contributed by atoms with E-state index in [0.717, 1.165) is 0 Å². The Morgan fingerprint density at radius 1 is 0.416 bits per heavy atom. The molecule has 6 rings (SSSR count). The summed E-state index contributed by atoms with van der Waals surface area (Å²) in [5.41, 5.74) is 16.6. The Hall–Kier alpha value is 2.21. The summed E-state index contributed by atoms with van der Waals surface area (Å²) in [6.45, 7) is 16.7. The minimum atomic E-state index is -1.75. The first-order valence-electron chi connectivity index (χ1n) is 32.1. The van der Waals surface area contributed by atoms with Crippen molar-refractivity contribution in [2.75, 3.05) is 73.5 Å². The smallest absolute Gasteiger partial charge is 0.549 e. The van der Waals surface area contributed by atoms with Gasteiger partial charge in [-0.25, -0.2) is 9.59 Å². The number of rotatable bonds is 27. The molecular formula is C60H111N6Na5O30+4. The van der Waals surface area contributed by atoms with Gasteiger partial charge in [-0.2, -0.15) is 0 Å². The fourth-order valence-electron chi connectivity index (χ4n) is 12.9. The number of hydrogen-bond acceptors (Lipinski definition) is 34. The number of aliphatic hydroxyl groups is 10. The Labute approximate surface area is 700 Å². The van der Waals surface area contributed by atoms with Crippen LogP contribution in [0.4, 0.5) is 0 Å². The van der Waals surface area contributed by atoms with Crippen LogP contribution in [-0.2, 0) is 80.7 Å². The number of likely N-dealkylation sites (N-methyl/N-ethyl adjacent to an activating group) is 2. The quantitative estimate of drug-likeness (QED) is 0.0340. The van der Waals surface area contributed by atoms with Crippen LogP contribution in [-0.4, -0.2) is 336 Å². The third kappa shape index (κ3) is 28.7. The first kappa shape index (κ1) is 103. The van der Waals surface area contributed by atoms with Gasteiger partial charge in [0.2, 0.25) is 0 Å². The number of hydrogen-bond donors (Lipinski definition) is 18.